The number of carbonyl (C=O) groups is 3. The summed E-state index contributed by atoms with van der Waals surface area (Å²) >= 11 is 0. The smallest absolute Gasteiger partial charge is 0.327 e. The number of Topliss-reactive ketones (excluding diaryl/α,β-unsaturated/α-hetero) is 1. The van der Waals surface area contributed by atoms with Crippen LogP contribution in [0.5, 0.6) is 0 Å². The molecule has 0 amide bonds. The Hall–Kier alpha value is -3.77. The van der Waals surface area contributed by atoms with Crippen LogP contribution in [0.15, 0.2) is 91.0 Å². The first-order valence-corrected chi connectivity index (χ1v) is 11.7. The van der Waals surface area contributed by atoms with E-state index in [-0.39, 0.29) is 19.0 Å². The number of hydrogen-bond donors (Lipinski definition) is 0. The molecule has 35 heavy (non-hydrogen) atoms. The first kappa shape index (κ1) is 24.4. The minimum atomic E-state index is -2.04. The summed E-state index contributed by atoms with van der Waals surface area (Å²) in [5.41, 5.74) is -0.411. The maximum absolute atomic E-state index is 14.1. The number of ketones is 1. The van der Waals surface area contributed by atoms with Crippen LogP contribution in [0.25, 0.3) is 0 Å². The highest BCUT2D eigenvalue weighted by molar-refractivity contribution is 6.10. The highest BCUT2D eigenvalue weighted by atomic mass is 16.6. The van der Waals surface area contributed by atoms with Crippen LogP contribution < -0.4 is 0 Å². The topological polar surface area (TPSA) is 78.9 Å². The maximum Gasteiger partial charge on any atom is 0.327 e. The molecule has 3 aromatic rings. The molecule has 4 rings (SSSR count). The van der Waals surface area contributed by atoms with Crippen LogP contribution >= 0.6 is 0 Å². The average Bonchev–Trinajstić information content (AvgIpc) is 3.27. The van der Waals surface area contributed by atoms with Gasteiger partial charge in [-0.3, -0.25) is 14.4 Å². The summed E-state index contributed by atoms with van der Waals surface area (Å²) in [6, 6.07) is 26.7. The Morgan fingerprint density at radius 1 is 0.714 bits per heavy atom. The van der Waals surface area contributed by atoms with Gasteiger partial charge in [0.25, 0.3) is 0 Å². The van der Waals surface area contributed by atoms with E-state index in [1.54, 1.807) is 68.4 Å². The SMILES string of the molecule is CCOC(=O)C1(C(=O)OCC)[C@H](C(=O)c2ccccc2)[C@@H](c2ccccc2)O[C@H]1c1ccccc1. The summed E-state index contributed by atoms with van der Waals surface area (Å²) in [5.74, 6) is -3.27. The second kappa shape index (κ2) is 10.7. The van der Waals surface area contributed by atoms with Gasteiger partial charge in [-0.2, -0.15) is 0 Å². The van der Waals surface area contributed by atoms with Crippen LogP contribution in [-0.2, 0) is 23.8 Å². The lowest BCUT2D eigenvalue weighted by atomic mass is 9.66. The Bertz CT molecular complexity index is 1140. The predicted octanol–water partition coefficient (Wildman–Crippen LogP) is 5.11. The summed E-state index contributed by atoms with van der Waals surface area (Å²) in [5, 5.41) is 0. The molecule has 6 nitrogen and oxygen atoms in total. The number of benzene rings is 3. The van der Waals surface area contributed by atoms with Gasteiger partial charge in [0.1, 0.15) is 6.10 Å². The molecule has 0 unspecified atom stereocenters. The monoisotopic (exact) mass is 472 g/mol. The van der Waals surface area contributed by atoms with Gasteiger partial charge < -0.3 is 14.2 Å². The second-order valence-corrected chi connectivity index (χ2v) is 8.28. The van der Waals surface area contributed by atoms with Crippen LogP contribution in [0.1, 0.15) is 47.5 Å². The van der Waals surface area contributed by atoms with Gasteiger partial charge in [-0.1, -0.05) is 91.0 Å². The zero-order chi connectivity index (χ0) is 24.8. The average molecular weight is 473 g/mol. The Morgan fingerprint density at radius 3 is 1.66 bits per heavy atom. The molecule has 0 bridgehead atoms. The molecule has 180 valence electrons. The fraction of sp³-hybridized carbons (Fsp3) is 0.276. The van der Waals surface area contributed by atoms with E-state index in [0.29, 0.717) is 16.7 Å². The van der Waals surface area contributed by atoms with Gasteiger partial charge in [0.2, 0.25) is 5.41 Å². The fourth-order valence-corrected chi connectivity index (χ4v) is 4.80. The molecule has 0 aromatic heterocycles. The number of ether oxygens (including phenoxy) is 3. The van der Waals surface area contributed by atoms with Gasteiger partial charge in [0.15, 0.2) is 5.78 Å². The van der Waals surface area contributed by atoms with Crippen molar-refractivity contribution in [2.75, 3.05) is 13.2 Å². The standard InChI is InChI=1S/C29H28O6/c1-3-33-27(31)29(28(32)34-4-2)23(24(30)20-14-8-5-9-15-20)25(21-16-10-6-11-17-21)35-26(29)22-18-12-7-13-19-22/h5-19,23,25-26H,3-4H2,1-2H3/t23-,25-,26+/m1/s1. The molecule has 1 fully saturated rings. The van der Waals surface area contributed by atoms with E-state index in [0.717, 1.165) is 0 Å². The van der Waals surface area contributed by atoms with Crippen LogP contribution in [0.4, 0.5) is 0 Å². The fourth-order valence-electron chi connectivity index (χ4n) is 4.80. The maximum atomic E-state index is 14.1. The van der Waals surface area contributed by atoms with Crippen LogP contribution in [0.3, 0.4) is 0 Å². The zero-order valence-corrected chi connectivity index (χ0v) is 19.8. The molecule has 0 saturated carbocycles. The molecule has 0 aliphatic carbocycles. The molecule has 0 N–H and O–H groups in total. The number of esters is 2. The Morgan fingerprint density at radius 2 is 1.17 bits per heavy atom. The second-order valence-electron chi connectivity index (χ2n) is 8.28. The van der Waals surface area contributed by atoms with E-state index in [2.05, 4.69) is 0 Å². The first-order chi connectivity index (χ1) is 17.1. The minimum absolute atomic E-state index is 0.0315. The summed E-state index contributed by atoms with van der Waals surface area (Å²) in [4.78, 5) is 41.8. The van der Waals surface area contributed by atoms with E-state index in [1.807, 2.05) is 36.4 Å². The summed E-state index contributed by atoms with van der Waals surface area (Å²) < 4.78 is 17.5. The van der Waals surface area contributed by atoms with E-state index < -0.39 is 35.5 Å². The van der Waals surface area contributed by atoms with Crippen LogP contribution in [0, 0.1) is 11.3 Å². The number of hydrogen-bond acceptors (Lipinski definition) is 6. The minimum Gasteiger partial charge on any atom is -0.465 e. The highest BCUT2D eigenvalue weighted by Crippen LogP contribution is 2.59. The van der Waals surface area contributed by atoms with Crippen molar-refractivity contribution in [3.8, 4) is 0 Å². The third-order valence-corrected chi connectivity index (χ3v) is 6.29. The van der Waals surface area contributed by atoms with Crippen LogP contribution in [0.2, 0.25) is 0 Å². The lowest BCUT2D eigenvalue weighted by Gasteiger charge is -2.33. The molecule has 6 heteroatoms. The highest BCUT2D eigenvalue weighted by Gasteiger charge is 2.70. The summed E-state index contributed by atoms with van der Waals surface area (Å²) in [6.07, 6.45) is -1.98. The van der Waals surface area contributed by atoms with Crippen molar-refractivity contribution in [1.82, 2.24) is 0 Å². The van der Waals surface area contributed by atoms with Crippen molar-refractivity contribution < 1.29 is 28.6 Å². The lowest BCUT2D eigenvalue weighted by Crippen LogP contribution is -2.51. The van der Waals surface area contributed by atoms with Crippen molar-refractivity contribution in [3.05, 3.63) is 108 Å². The van der Waals surface area contributed by atoms with Crippen molar-refractivity contribution in [1.29, 1.82) is 0 Å². The summed E-state index contributed by atoms with van der Waals surface area (Å²) in [6.45, 7) is 3.38. The third kappa shape index (κ3) is 4.37. The van der Waals surface area contributed by atoms with E-state index in [1.165, 1.54) is 0 Å². The van der Waals surface area contributed by atoms with E-state index in [9.17, 15) is 14.4 Å². The normalized spacial score (nSPS) is 20.7. The van der Waals surface area contributed by atoms with Gasteiger partial charge in [-0.05, 0) is 25.0 Å². The molecular formula is C29H28O6. The van der Waals surface area contributed by atoms with Crippen molar-refractivity contribution in [2.45, 2.75) is 26.1 Å². The molecule has 3 aromatic carbocycles. The van der Waals surface area contributed by atoms with Crippen molar-refractivity contribution in [2.24, 2.45) is 11.3 Å². The Kier molecular flexibility index (Phi) is 7.42. The number of rotatable bonds is 8. The molecule has 3 atom stereocenters. The molecular weight excluding hydrogens is 444 g/mol. The molecule has 1 aliphatic rings. The van der Waals surface area contributed by atoms with E-state index in [4.69, 9.17) is 14.2 Å². The Balaban J connectivity index is 2.01. The number of carbonyl (C=O) groups excluding carboxylic acids is 3. The van der Waals surface area contributed by atoms with Gasteiger partial charge in [-0.15, -0.1) is 0 Å². The van der Waals surface area contributed by atoms with Gasteiger partial charge in [-0.25, -0.2) is 0 Å². The zero-order valence-electron chi connectivity index (χ0n) is 19.8. The quantitative estimate of drug-likeness (QED) is 0.258. The van der Waals surface area contributed by atoms with Crippen LogP contribution in [-0.4, -0.2) is 30.9 Å². The Labute approximate surface area is 204 Å². The van der Waals surface area contributed by atoms with Gasteiger partial charge in [0.05, 0.1) is 25.2 Å². The molecule has 0 spiro atoms. The van der Waals surface area contributed by atoms with E-state index >= 15 is 0 Å². The summed E-state index contributed by atoms with van der Waals surface area (Å²) in [7, 11) is 0. The first-order valence-electron chi connectivity index (χ1n) is 11.7. The molecule has 1 saturated heterocycles. The predicted molar refractivity (Wildman–Crippen MR) is 129 cm³/mol. The lowest BCUT2D eigenvalue weighted by molar-refractivity contribution is -0.178. The van der Waals surface area contributed by atoms with Crippen molar-refractivity contribution >= 4 is 17.7 Å². The third-order valence-electron chi connectivity index (χ3n) is 6.29. The van der Waals surface area contributed by atoms with Gasteiger partial charge >= 0.3 is 11.9 Å². The van der Waals surface area contributed by atoms with Gasteiger partial charge in [0, 0.05) is 5.56 Å². The largest absolute Gasteiger partial charge is 0.465 e. The van der Waals surface area contributed by atoms with Crippen molar-refractivity contribution in [3.63, 3.8) is 0 Å². The molecule has 1 aliphatic heterocycles. The molecule has 0 radical (unpaired) electrons. The molecule has 1 heterocycles.